The molecule has 2 heterocycles. The zero-order valence-electron chi connectivity index (χ0n) is 12.8. The summed E-state index contributed by atoms with van der Waals surface area (Å²) in [6.45, 7) is 7.32. The maximum Gasteiger partial charge on any atom is 0.233 e. The summed E-state index contributed by atoms with van der Waals surface area (Å²) in [4.78, 5) is 17.3. The Kier molecular flexibility index (Phi) is 4.32. The predicted octanol–water partition coefficient (Wildman–Crippen LogP) is 1.89. The van der Waals surface area contributed by atoms with Crippen LogP contribution in [-0.4, -0.2) is 61.1 Å². The van der Waals surface area contributed by atoms with Crippen LogP contribution in [0.2, 0.25) is 0 Å². The quantitative estimate of drug-likeness (QED) is 0.774. The Bertz CT molecular complexity index is 348. The molecule has 0 N–H and O–H groups in total. The van der Waals surface area contributed by atoms with Crippen molar-refractivity contribution in [1.29, 1.82) is 0 Å². The Morgan fingerprint density at radius 1 is 1.00 bits per heavy atom. The summed E-state index contributed by atoms with van der Waals surface area (Å²) in [5.41, 5.74) is -0.236. The third kappa shape index (κ3) is 2.86. The van der Waals surface area contributed by atoms with Crippen LogP contribution in [0.4, 0.5) is 0 Å². The number of hydrogen-bond acceptors (Lipinski definition) is 3. The molecule has 0 aromatic heterocycles. The highest BCUT2D eigenvalue weighted by Crippen LogP contribution is 2.30. The molecule has 3 rings (SSSR count). The first-order valence-electron chi connectivity index (χ1n) is 8.30. The van der Waals surface area contributed by atoms with E-state index in [-0.39, 0.29) is 5.41 Å². The third-order valence-corrected chi connectivity index (χ3v) is 5.27. The summed E-state index contributed by atoms with van der Waals surface area (Å²) in [7, 11) is 0. The number of amides is 1. The van der Waals surface area contributed by atoms with Gasteiger partial charge in [-0.05, 0) is 26.2 Å². The molecule has 1 saturated carbocycles. The smallest absolute Gasteiger partial charge is 0.233 e. The maximum absolute atomic E-state index is 12.6. The molecular formula is C16H28N2O2. The minimum absolute atomic E-state index is 0.236. The van der Waals surface area contributed by atoms with Gasteiger partial charge in [0.05, 0.1) is 18.6 Å². The van der Waals surface area contributed by atoms with Gasteiger partial charge >= 0.3 is 0 Å². The van der Waals surface area contributed by atoms with Crippen LogP contribution >= 0.6 is 0 Å². The van der Waals surface area contributed by atoms with E-state index in [4.69, 9.17) is 4.74 Å². The molecule has 1 amide bonds. The topological polar surface area (TPSA) is 32.8 Å². The molecule has 114 valence electrons. The Hall–Kier alpha value is -0.610. The van der Waals surface area contributed by atoms with Gasteiger partial charge in [0.2, 0.25) is 5.91 Å². The van der Waals surface area contributed by atoms with Gasteiger partial charge in [-0.3, -0.25) is 9.69 Å². The first-order valence-corrected chi connectivity index (χ1v) is 8.30. The number of nitrogens with zero attached hydrogens (tertiary/aromatic N) is 2. The van der Waals surface area contributed by atoms with E-state index in [1.165, 1.54) is 38.6 Å². The van der Waals surface area contributed by atoms with Crippen LogP contribution in [-0.2, 0) is 9.53 Å². The summed E-state index contributed by atoms with van der Waals surface area (Å²) in [6.07, 6.45) is 8.03. The van der Waals surface area contributed by atoms with Crippen LogP contribution in [0.25, 0.3) is 0 Å². The molecule has 0 bridgehead atoms. The lowest BCUT2D eigenvalue weighted by Gasteiger charge is -2.40. The molecule has 2 saturated heterocycles. The van der Waals surface area contributed by atoms with Crippen LogP contribution in [0.3, 0.4) is 0 Å². The van der Waals surface area contributed by atoms with E-state index in [2.05, 4.69) is 9.80 Å². The first-order chi connectivity index (χ1) is 9.69. The molecular weight excluding hydrogens is 252 g/mol. The van der Waals surface area contributed by atoms with Gasteiger partial charge in [-0.1, -0.05) is 19.3 Å². The fourth-order valence-electron chi connectivity index (χ4n) is 3.87. The monoisotopic (exact) mass is 280 g/mol. The summed E-state index contributed by atoms with van der Waals surface area (Å²) >= 11 is 0. The molecule has 4 nitrogen and oxygen atoms in total. The number of ether oxygens (including phenoxy) is 1. The van der Waals surface area contributed by atoms with E-state index in [1.807, 2.05) is 6.92 Å². The lowest BCUT2D eigenvalue weighted by molar-refractivity contribution is -0.168. The van der Waals surface area contributed by atoms with Crippen LogP contribution in [0.1, 0.15) is 45.4 Å². The minimum atomic E-state index is -0.236. The molecule has 0 aromatic carbocycles. The second kappa shape index (κ2) is 6.02. The van der Waals surface area contributed by atoms with Gasteiger partial charge in [0.25, 0.3) is 0 Å². The van der Waals surface area contributed by atoms with Gasteiger partial charge in [-0.25, -0.2) is 0 Å². The van der Waals surface area contributed by atoms with Crippen molar-refractivity contribution in [1.82, 2.24) is 9.80 Å². The highest BCUT2D eigenvalue weighted by molar-refractivity contribution is 5.83. The van der Waals surface area contributed by atoms with Crippen LogP contribution in [0, 0.1) is 5.41 Å². The van der Waals surface area contributed by atoms with E-state index in [1.54, 1.807) is 0 Å². The number of carbonyl (C=O) groups excluding carboxylic acids is 1. The number of hydrogen-bond donors (Lipinski definition) is 0. The van der Waals surface area contributed by atoms with Crippen molar-refractivity contribution in [2.75, 3.05) is 39.4 Å². The van der Waals surface area contributed by atoms with Crippen LogP contribution < -0.4 is 0 Å². The van der Waals surface area contributed by atoms with Crippen molar-refractivity contribution >= 4 is 5.91 Å². The molecule has 1 aliphatic carbocycles. The standard InChI is InChI=1S/C16H28N2O2/c1-16(12-20-13-16)15(19)18-9-5-8-17(10-11-18)14-6-3-2-4-7-14/h14H,2-13H2,1H3. The predicted molar refractivity (Wildman–Crippen MR) is 78.6 cm³/mol. The minimum Gasteiger partial charge on any atom is -0.379 e. The average molecular weight is 280 g/mol. The summed E-state index contributed by atoms with van der Waals surface area (Å²) < 4.78 is 5.24. The van der Waals surface area contributed by atoms with Gasteiger partial charge in [0.15, 0.2) is 0 Å². The third-order valence-electron chi connectivity index (χ3n) is 5.27. The van der Waals surface area contributed by atoms with Crippen molar-refractivity contribution in [3.05, 3.63) is 0 Å². The second-order valence-electron chi connectivity index (χ2n) is 7.03. The van der Waals surface area contributed by atoms with Crippen molar-refractivity contribution < 1.29 is 9.53 Å². The average Bonchev–Trinajstić information content (AvgIpc) is 2.71. The summed E-state index contributed by atoms with van der Waals surface area (Å²) in [6, 6.07) is 0.779. The zero-order chi connectivity index (χ0) is 14.0. The van der Waals surface area contributed by atoms with Crippen LogP contribution in [0.5, 0.6) is 0 Å². The number of carbonyl (C=O) groups is 1. The lowest BCUT2D eigenvalue weighted by atomic mass is 9.87. The lowest BCUT2D eigenvalue weighted by Crippen LogP contribution is -2.54. The van der Waals surface area contributed by atoms with E-state index in [0.717, 1.165) is 32.1 Å². The van der Waals surface area contributed by atoms with Gasteiger partial charge in [-0.15, -0.1) is 0 Å². The Labute approximate surface area is 122 Å². The van der Waals surface area contributed by atoms with Crippen molar-refractivity contribution in [3.8, 4) is 0 Å². The summed E-state index contributed by atoms with van der Waals surface area (Å²) in [5, 5.41) is 0. The van der Waals surface area contributed by atoms with Crippen molar-refractivity contribution in [3.63, 3.8) is 0 Å². The Balaban J connectivity index is 1.55. The molecule has 3 fully saturated rings. The molecule has 4 heteroatoms. The van der Waals surface area contributed by atoms with E-state index in [9.17, 15) is 4.79 Å². The largest absolute Gasteiger partial charge is 0.379 e. The molecule has 20 heavy (non-hydrogen) atoms. The summed E-state index contributed by atoms with van der Waals surface area (Å²) in [5.74, 6) is 0.314. The van der Waals surface area contributed by atoms with Gasteiger partial charge in [0.1, 0.15) is 0 Å². The highest BCUT2D eigenvalue weighted by atomic mass is 16.5. The number of rotatable bonds is 2. The first kappa shape index (κ1) is 14.3. The fraction of sp³-hybridized carbons (Fsp3) is 0.938. The van der Waals surface area contributed by atoms with Gasteiger partial charge in [-0.2, -0.15) is 0 Å². The van der Waals surface area contributed by atoms with E-state index in [0.29, 0.717) is 19.1 Å². The normalized spacial score (nSPS) is 28.8. The molecule has 0 aromatic rings. The van der Waals surface area contributed by atoms with Crippen molar-refractivity contribution in [2.24, 2.45) is 5.41 Å². The molecule has 0 radical (unpaired) electrons. The molecule has 3 aliphatic rings. The Morgan fingerprint density at radius 3 is 2.40 bits per heavy atom. The van der Waals surface area contributed by atoms with Gasteiger partial charge < -0.3 is 9.64 Å². The Morgan fingerprint density at radius 2 is 1.75 bits per heavy atom. The molecule has 0 unspecified atom stereocenters. The molecule has 0 spiro atoms. The van der Waals surface area contributed by atoms with Crippen LogP contribution in [0.15, 0.2) is 0 Å². The second-order valence-corrected chi connectivity index (χ2v) is 7.03. The van der Waals surface area contributed by atoms with E-state index < -0.39 is 0 Å². The van der Waals surface area contributed by atoms with Gasteiger partial charge in [0, 0.05) is 32.2 Å². The van der Waals surface area contributed by atoms with Crippen molar-refractivity contribution in [2.45, 2.75) is 51.5 Å². The molecule has 0 atom stereocenters. The zero-order valence-corrected chi connectivity index (χ0v) is 12.8. The molecule has 2 aliphatic heterocycles. The fourth-order valence-corrected chi connectivity index (χ4v) is 3.87. The maximum atomic E-state index is 12.6. The highest BCUT2D eigenvalue weighted by Gasteiger charge is 2.43. The SMILES string of the molecule is CC1(C(=O)N2CCCN(C3CCCCC3)CC2)COC1. The van der Waals surface area contributed by atoms with E-state index >= 15 is 0 Å².